The third-order valence-corrected chi connectivity index (χ3v) is 5.33. The quantitative estimate of drug-likeness (QED) is 0.851. The Kier molecular flexibility index (Phi) is 5.27. The van der Waals surface area contributed by atoms with Crippen LogP contribution in [-0.4, -0.2) is 52.5 Å². The van der Waals surface area contributed by atoms with Gasteiger partial charge in [0.05, 0.1) is 18.5 Å². The summed E-state index contributed by atoms with van der Waals surface area (Å²) in [4.78, 5) is 18.9. The Morgan fingerprint density at radius 2 is 2.21 bits per heavy atom. The lowest BCUT2D eigenvalue weighted by atomic mass is 9.97. The monoisotopic (exact) mass is 401 g/mol. The Morgan fingerprint density at radius 3 is 3.00 bits per heavy atom. The Labute approximate surface area is 171 Å². The molecule has 0 radical (unpaired) electrons. The maximum absolute atomic E-state index is 12.0. The molecular weight excluding hydrogens is 370 g/mol. The second kappa shape index (κ2) is 7.72. The van der Waals surface area contributed by atoms with Crippen molar-refractivity contribution in [2.45, 2.75) is 59.0 Å². The van der Waals surface area contributed by atoms with E-state index in [9.17, 15) is 4.79 Å². The number of fused-ring (bicyclic) bond motifs is 3. The van der Waals surface area contributed by atoms with Crippen molar-refractivity contribution in [3.8, 4) is 5.75 Å². The molecule has 0 bridgehead atoms. The zero-order chi connectivity index (χ0) is 20.6. The molecule has 0 aromatic carbocycles. The highest BCUT2D eigenvalue weighted by atomic mass is 16.6. The molecule has 1 fully saturated rings. The predicted octanol–water partition coefficient (Wildman–Crippen LogP) is 3.10. The lowest BCUT2D eigenvalue weighted by Crippen LogP contribution is -2.43. The maximum atomic E-state index is 12.0. The summed E-state index contributed by atoms with van der Waals surface area (Å²) in [6.45, 7) is 10.7. The topological polar surface area (TPSA) is 81.0 Å². The van der Waals surface area contributed by atoms with Crippen molar-refractivity contribution >= 4 is 17.6 Å². The van der Waals surface area contributed by atoms with Crippen molar-refractivity contribution in [2.75, 3.05) is 31.1 Å². The molecule has 8 heteroatoms. The van der Waals surface area contributed by atoms with Gasteiger partial charge in [0.2, 0.25) is 0 Å². The molecule has 2 aliphatic heterocycles. The normalized spacial score (nSPS) is 19.6. The molecule has 1 N–H and O–H groups in total. The van der Waals surface area contributed by atoms with E-state index in [1.165, 1.54) is 0 Å². The average molecular weight is 402 g/mol. The second-order valence-corrected chi connectivity index (χ2v) is 9.07. The van der Waals surface area contributed by atoms with Crippen molar-refractivity contribution in [3.05, 3.63) is 17.5 Å². The van der Waals surface area contributed by atoms with Crippen molar-refractivity contribution < 1.29 is 14.3 Å². The molecule has 8 nitrogen and oxygen atoms in total. The van der Waals surface area contributed by atoms with Gasteiger partial charge in [-0.25, -0.2) is 14.3 Å². The minimum absolute atomic E-state index is 0.353. The molecule has 0 unspecified atom stereocenters. The maximum Gasteiger partial charge on any atom is 0.407 e. The number of nitrogens with one attached hydrogen (secondary N) is 1. The van der Waals surface area contributed by atoms with Crippen LogP contribution in [0.25, 0.3) is 5.65 Å². The molecule has 1 amide bonds. The number of alkyl carbamates (subject to hydrolysis) is 1. The third kappa shape index (κ3) is 4.41. The molecule has 4 rings (SSSR count). The fourth-order valence-electron chi connectivity index (χ4n) is 4.14. The minimum Gasteiger partial charge on any atom is -0.489 e. The number of hydrogen-bond donors (Lipinski definition) is 1. The van der Waals surface area contributed by atoms with Gasteiger partial charge in [0.25, 0.3) is 0 Å². The van der Waals surface area contributed by atoms with Gasteiger partial charge < -0.3 is 19.7 Å². The Balaban J connectivity index is 1.51. The number of amides is 1. The van der Waals surface area contributed by atoms with Gasteiger partial charge in [-0.15, -0.1) is 5.10 Å². The van der Waals surface area contributed by atoms with Crippen LogP contribution in [-0.2, 0) is 11.2 Å². The van der Waals surface area contributed by atoms with Crippen LogP contribution in [0.3, 0.4) is 0 Å². The van der Waals surface area contributed by atoms with Crippen LogP contribution < -0.4 is 15.0 Å². The van der Waals surface area contributed by atoms with Crippen LogP contribution in [0.4, 0.5) is 10.6 Å². The molecule has 158 valence electrons. The Bertz CT molecular complexity index is 902. The number of imidazole rings is 1. The van der Waals surface area contributed by atoms with Crippen LogP contribution in [0.1, 0.15) is 51.3 Å². The number of rotatable bonds is 3. The van der Waals surface area contributed by atoms with Crippen molar-refractivity contribution in [3.63, 3.8) is 0 Å². The molecule has 1 saturated heterocycles. The first-order chi connectivity index (χ1) is 13.8. The number of ether oxygens (including phenoxy) is 2. The third-order valence-electron chi connectivity index (χ3n) is 5.33. The van der Waals surface area contributed by atoms with E-state index in [1.807, 2.05) is 38.4 Å². The molecule has 4 heterocycles. The molecule has 2 aliphatic rings. The highest BCUT2D eigenvalue weighted by molar-refractivity contribution is 5.68. The number of anilines is 1. The van der Waals surface area contributed by atoms with E-state index >= 15 is 0 Å². The van der Waals surface area contributed by atoms with E-state index in [0.717, 1.165) is 73.9 Å². The van der Waals surface area contributed by atoms with Crippen LogP contribution in [0.5, 0.6) is 5.75 Å². The number of aromatic nitrogens is 3. The fourth-order valence-corrected chi connectivity index (χ4v) is 4.14. The van der Waals surface area contributed by atoms with Gasteiger partial charge in [-0.2, -0.15) is 0 Å². The van der Waals surface area contributed by atoms with E-state index in [-0.39, 0.29) is 6.09 Å². The fraction of sp³-hybridized carbons (Fsp3) is 0.667. The van der Waals surface area contributed by atoms with Crippen LogP contribution in [0.2, 0.25) is 0 Å². The summed E-state index contributed by atoms with van der Waals surface area (Å²) < 4.78 is 13.2. The SMILES string of the molecule is Cc1cn2nc(N3CCC[C@H](CNC(=O)OC(C)(C)C)C3)c3c(c2n1)OCCC3. The summed E-state index contributed by atoms with van der Waals surface area (Å²) in [6.07, 6.45) is 5.69. The molecule has 1 atom stereocenters. The second-order valence-electron chi connectivity index (χ2n) is 9.07. The number of nitrogens with zero attached hydrogens (tertiary/aromatic N) is 4. The standard InChI is InChI=1S/C21H31N5O3/c1-14-12-26-19(23-14)17-16(8-6-10-28-17)18(24-26)25-9-5-7-15(13-25)11-22-20(27)29-21(2,3)4/h12,15H,5-11,13H2,1-4H3,(H,22,27)/t15-/m1/s1. The molecular formula is C21H31N5O3. The van der Waals surface area contributed by atoms with Crippen molar-refractivity contribution in [1.82, 2.24) is 19.9 Å². The zero-order valence-electron chi connectivity index (χ0n) is 17.8. The molecule has 0 saturated carbocycles. The van der Waals surface area contributed by atoms with Gasteiger partial charge in [0, 0.05) is 25.2 Å². The average Bonchev–Trinajstić information content (AvgIpc) is 3.05. The number of carbonyl (C=O) groups excluding carboxylic acids is 1. The predicted molar refractivity (Wildman–Crippen MR) is 111 cm³/mol. The van der Waals surface area contributed by atoms with E-state index in [1.54, 1.807) is 0 Å². The Morgan fingerprint density at radius 1 is 1.38 bits per heavy atom. The Hall–Kier alpha value is -2.51. The molecule has 2 aromatic heterocycles. The molecule has 29 heavy (non-hydrogen) atoms. The molecule has 2 aromatic rings. The van der Waals surface area contributed by atoms with E-state index in [0.29, 0.717) is 12.5 Å². The molecule has 0 aliphatic carbocycles. The summed E-state index contributed by atoms with van der Waals surface area (Å²) in [5.41, 5.74) is 2.42. The minimum atomic E-state index is -0.482. The highest BCUT2D eigenvalue weighted by Crippen LogP contribution is 2.36. The molecule has 0 spiro atoms. The van der Waals surface area contributed by atoms with E-state index in [2.05, 4.69) is 15.2 Å². The van der Waals surface area contributed by atoms with Gasteiger partial charge >= 0.3 is 6.09 Å². The number of aryl methyl sites for hydroxylation is 1. The van der Waals surface area contributed by atoms with Crippen LogP contribution in [0.15, 0.2) is 6.20 Å². The number of carbonyl (C=O) groups is 1. The first-order valence-electron chi connectivity index (χ1n) is 10.5. The zero-order valence-corrected chi connectivity index (χ0v) is 17.8. The van der Waals surface area contributed by atoms with Gasteiger partial charge in [-0.3, -0.25) is 0 Å². The first-order valence-corrected chi connectivity index (χ1v) is 10.5. The first kappa shape index (κ1) is 19.8. The van der Waals surface area contributed by atoms with Crippen LogP contribution >= 0.6 is 0 Å². The van der Waals surface area contributed by atoms with Crippen molar-refractivity contribution in [2.24, 2.45) is 5.92 Å². The number of piperidine rings is 1. The van der Waals surface area contributed by atoms with E-state index < -0.39 is 5.60 Å². The summed E-state index contributed by atoms with van der Waals surface area (Å²) >= 11 is 0. The summed E-state index contributed by atoms with van der Waals surface area (Å²) in [5.74, 6) is 2.23. The summed E-state index contributed by atoms with van der Waals surface area (Å²) in [6, 6.07) is 0. The van der Waals surface area contributed by atoms with Crippen molar-refractivity contribution in [1.29, 1.82) is 0 Å². The smallest absolute Gasteiger partial charge is 0.407 e. The van der Waals surface area contributed by atoms with Gasteiger partial charge in [0.1, 0.15) is 5.60 Å². The number of hydrogen-bond acceptors (Lipinski definition) is 6. The van der Waals surface area contributed by atoms with Gasteiger partial charge in [-0.05, 0) is 59.3 Å². The lowest BCUT2D eigenvalue weighted by molar-refractivity contribution is 0.0517. The highest BCUT2D eigenvalue weighted by Gasteiger charge is 2.28. The summed E-state index contributed by atoms with van der Waals surface area (Å²) in [5, 5.41) is 7.83. The van der Waals surface area contributed by atoms with Gasteiger partial charge in [0.15, 0.2) is 17.2 Å². The largest absolute Gasteiger partial charge is 0.489 e. The van der Waals surface area contributed by atoms with E-state index in [4.69, 9.17) is 14.6 Å². The van der Waals surface area contributed by atoms with Gasteiger partial charge in [-0.1, -0.05) is 0 Å². The van der Waals surface area contributed by atoms with Crippen LogP contribution in [0, 0.1) is 12.8 Å². The lowest BCUT2D eigenvalue weighted by Gasteiger charge is -2.35. The summed E-state index contributed by atoms with van der Waals surface area (Å²) in [7, 11) is 0.